The molecule has 0 aromatic heterocycles. The molecular formula is C9H13NO4. The van der Waals surface area contributed by atoms with Gasteiger partial charge in [0.15, 0.2) is 6.23 Å². The molecule has 0 N–H and O–H groups in total. The lowest BCUT2D eigenvalue weighted by molar-refractivity contribution is -0.177. The molecule has 0 aliphatic carbocycles. The first-order valence-corrected chi connectivity index (χ1v) is 4.06. The third-order valence-corrected chi connectivity index (χ3v) is 1.24. The zero-order valence-electron chi connectivity index (χ0n) is 8.44. The van der Waals surface area contributed by atoms with Crippen LogP contribution in [0.25, 0.3) is 0 Å². The van der Waals surface area contributed by atoms with Crippen LogP contribution in [0.3, 0.4) is 0 Å². The van der Waals surface area contributed by atoms with Crippen LogP contribution >= 0.6 is 0 Å². The largest absolute Gasteiger partial charge is 0.433 e. The summed E-state index contributed by atoms with van der Waals surface area (Å²) in [4.78, 5) is 24.1. The van der Waals surface area contributed by atoms with Crippen LogP contribution in [0, 0.1) is 0 Å². The molecule has 5 heteroatoms. The van der Waals surface area contributed by atoms with Crippen molar-refractivity contribution >= 4 is 12.0 Å². The van der Waals surface area contributed by atoms with E-state index in [4.69, 9.17) is 9.47 Å². The van der Waals surface area contributed by atoms with Crippen molar-refractivity contribution in [2.24, 2.45) is 4.99 Å². The fourth-order valence-electron chi connectivity index (χ4n) is 0.661. The van der Waals surface area contributed by atoms with E-state index in [9.17, 15) is 9.59 Å². The van der Waals surface area contributed by atoms with Crippen molar-refractivity contribution in [3.63, 3.8) is 0 Å². The lowest BCUT2D eigenvalue weighted by atomic mass is 10.4. The third-order valence-electron chi connectivity index (χ3n) is 1.24. The number of esters is 1. The number of ether oxygens (including phenoxy) is 2. The lowest BCUT2D eigenvalue weighted by Crippen LogP contribution is -2.22. The van der Waals surface area contributed by atoms with Crippen molar-refractivity contribution in [3.8, 4) is 0 Å². The van der Waals surface area contributed by atoms with Gasteiger partial charge in [0, 0.05) is 5.57 Å². The Morgan fingerprint density at radius 1 is 1.50 bits per heavy atom. The average Bonchev–Trinajstić information content (AvgIpc) is 2.03. The van der Waals surface area contributed by atoms with Crippen molar-refractivity contribution in [2.75, 3.05) is 0 Å². The van der Waals surface area contributed by atoms with E-state index in [-0.39, 0.29) is 5.57 Å². The van der Waals surface area contributed by atoms with E-state index in [1.807, 2.05) is 0 Å². The van der Waals surface area contributed by atoms with Gasteiger partial charge in [0.25, 0.3) is 0 Å². The van der Waals surface area contributed by atoms with Gasteiger partial charge in [0.1, 0.15) is 0 Å². The summed E-state index contributed by atoms with van der Waals surface area (Å²) in [7, 11) is 0. The Morgan fingerprint density at radius 2 is 2.07 bits per heavy atom. The summed E-state index contributed by atoms with van der Waals surface area (Å²) in [6.45, 7) is 8.00. The first kappa shape index (κ1) is 12.6. The molecule has 0 aromatic carbocycles. The number of aliphatic imine (C=N–C) groups is 1. The van der Waals surface area contributed by atoms with Gasteiger partial charge in [-0.3, -0.25) is 0 Å². The van der Waals surface area contributed by atoms with Crippen LogP contribution in [0.5, 0.6) is 0 Å². The minimum Gasteiger partial charge on any atom is -0.433 e. The van der Waals surface area contributed by atoms with Gasteiger partial charge in [-0.25, -0.2) is 9.59 Å². The SMILES string of the molecule is C=C(C)C(=O)OC(C)OC(C)N=C=O. The highest BCUT2D eigenvalue weighted by atomic mass is 16.7. The van der Waals surface area contributed by atoms with E-state index in [1.165, 1.54) is 26.9 Å². The van der Waals surface area contributed by atoms with Crippen LogP contribution in [-0.2, 0) is 19.1 Å². The van der Waals surface area contributed by atoms with Crippen molar-refractivity contribution in [1.82, 2.24) is 0 Å². The topological polar surface area (TPSA) is 65.0 Å². The molecule has 2 atom stereocenters. The number of nitrogens with zero attached hydrogens (tertiary/aromatic N) is 1. The Hall–Kier alpha value is -1.45. The number of hydrogen-bond acceptors (Lipinski definition) is 5. The van der Waals surface area contributed by atoms with Crippen molar-refractivity contribution in [1.29, 1.82) is 0 Å². The molecule has 0 radical (unpaired) electrons. The Kier molecular flexibility index (Phi) is 5.44. The molecule has 0 spiro atoms. The van der Waals surface area contributed by atoms with Crippen molar-refractivity contribution in [3.05, 3.63) is 12.2 Å². The van der Waals surface area contributed by atoms with Gasteiger partial charge in [-0.05, 0) is 20.8 Å². The van der Waals surface area contributed by atoms with E-state index in [2.05, 4.69) is 11.6 Å². The van der Waals surface area contributed by atoms with Crippen LogP contribution in [0.1, 0.15) is 20.8 Å². The van der Waals surface area contributed by atoms with E-state index in [0.29, 0.717) is 0 Å². The van der Waals surface area contributed by atoms with E-state index in [1.54, 1.807) is 0 Å². The normalized spacial score (nSPS) is 13.6. The number of isocyanates is 1. The monoisotopic (exact) mass is 199 g/mol. The zero-order chi connectivity index (χ0) is 11.1. The summed E-state index contributed by atoms with van der Waals surface area (Å²) in [5.41, 5.74) is 0.284. The van der Waals surface area contributed by atoms with Crippen LogP contribution in [0.4, 0.5) is 0 Å². The van der Waals surface area contributed by atoms with Crippen molar-refractivity contribution in [2.45, 2.75) is 33.3 Å². The summed E-state index contributed by atoms with van der Waals surface area (Å²) in [6.07, 6.45) is -0.111. The molecule has 0 aromatic rings. The molecule has 0 heterocycles. The maximum atomic E-state index is 11.0. The molecule has 0 amide bonds. The third kappa shape index (κ3) is 5.24. The summed E-state index contributed by atoms with van der Waals surface area (Å²) in [6, 6.07) is 0. The molecule has 2 unspecified atom stereocenters. The lowest BCUT2D eigenvalue weighted by Gasteiger charge is -2.15. The van der Waals surface area contributed by atoms with Gasteiger partial charge in [-0.1, -0.05) is 6.58 Å². The number of carbonyl (C=O) groups is 1. The maximum absolute atomic E-state index is 11.0. The first-order valence-electron chi connectivity index (χ1n) is 4.06. The van der Waals surface area contributed by atoms with Gasteiger partial charge in [0.2, 0.25) is 12.4 Å². The smallest absolute Gasteiger partial charge is 0.335 e. The van der Waals surface area contributed by atoms with E-state index < -0.39 is 18.5 Å². The summed E-state index contributed by atoms with van der Waals surface area (Å²) < 4.78 is 9.78. The molecule has 0 fully saturated rings. The summed E-state index contributed by atoms with van der Waals surface area (Å²) >= 11 is 0. The highest BCUT2D eigenvalue weighted by Gasteiger charge is 2.12. The fourth-order valence-corrected chi connectivity index (χ4v) is 0.661. The van der Waals surface area contributed by atoms with Crippen LogP contribution in [-0.4, -0.2) is 24.6 Å². The Labute approximate surface area is 82.4 Å². The molecule has 0 aliphatic heterocycles. The number of hydrogen-bond donors (Lipinski definition) is 0. The van der Waals surface area contributed by atoms with Gasteiger partial charge in [0.05, 0.1) is 0 Å². The molecule has 0 rings (SSSR count). The second-order valence-corrected chi connectivity index (χ2v) is 2.71. The summed E-state index contributed by atoms with van der Waals surface area (Å²) in [5, 5.41) is 0. The highest BCUT2D eigenvalue weighted by Crippen LogP contribution is 2.03. The van der Waals surface area contributed by atoms with Crippen LogP contribution < -0.4 is 0 Å². The Bertz CT molecular complexity index is 268. The van der Waals surface area contributed by atoms with Gasteiger partial charge < -0.3 is 9.47 Å². The highest BCUT2D eigenvalue weighted by molar-refractivity contribution is 5.86. The standard InChI is InChI=1S/C9H13NO4/c1-6(2)9(12)14-8(4)13-7(3)10-5-11/h7-8H,1H2,2-4H3. The quantitative estimate of drug-likeness (QED) is 0.219. The van der Waals surface area contributed by atoms with Crippen LogP contribution in [0.15, 0.2) is 17.1 Å². The first-order chi connectivity index (χ1) is 6.47. The van der Waals surface area contributed by atoms with Crippen molar-refractivity contribution < 1.29 is 19.1 Å². The molecule has 0 saturated heterocycles. The molecule has 78 valence electrons. The molecule has 5 nitrogen and oxygen atoms in total. The van der Waals surface area contributed by atoms with Gasteiger partial charge in [-0.15, -0.1) is 0 Å². The maximum Gasteiger partial charge on any atom is 0.335 e. The molecule has 0 bridgehead atoms. The molecule has 0 saturated carbocycles. The fraction of sp³-hybridized carbons (Fsp3) is 0.556. The molecule has 0 aliphatic rings. The summed E-state index contributed by atoms with van der Waals surface area (Å²) in [5.74, 6) is -0.542. The molecular weight excluding hydrogens is 186 g/mol. The number of carbonyl (C=O) groups excluding carboxylic acids is 2. The van der Waals surface area contributed by atoms with Gasteiger partial charge in [-0.2, -0.15) is 4.99 Å². The number of rotatable bonds is 5. The predicted molar refractivity (Wildman–Crippen MR) is 49.0 cm³/mol. The minimum absolute atomic E-state index is 0.284. The zero-order valence-corrected chi connectivity index (χ0v) is 8.44. The Morgan fingerprint density at radius 3 is 2.50 bits per heavy atom. The van der Waals surface area contributed by atoms with Gasteiger partial charge >= 0.3 is 5.97 Å². The second-order valence-electron chi connectivity index (χ2n) is 2.71. The van der Waals surface area contributed by atoms with Crippen LogP contribution in [0.2, 0.25) is 0 Å². The minimum atomic E-state index is -0.772. The van der Waals surface area contributed by atoms with E-state index >= 15 is 0 Å². The average molecular weight is 199 g/mol. The molecule has 14 heavy (non-hydrogen) atoms. The van der Waals surface area contributed by atoms with E-state index in [0.717, 1.165) is 0 Å². The predicted octanol–water partition coefficient (Wildman–Crippen LogP) is 1.15. The second kappa shape index (κ2) is 6.07. The Balaban J connectivity index is 3.97.